The van der Waals surface area contributed by atoms with Gasteiger partial charge in [0.25, 0.3) is 0 Å². The van der Waals surface area contributed by atoms with Crippen molar-refractivity contribution in [3.05, 3.63) is 0 Å². The van der Waals surface area contributed by atoms with Gasteiger partial charge in [0.2, 0.25) is 0 Å². The lowest BCUT2D eigenvalue weighted by Gasteiger charge is -2.07. The van der Waals surface area contributed by atoms with Crippen molar-refractivity contribution in [1.82, 2.24) is 0 Å². The van der Waals surface area contributed by atoms with Crippen LogP contribution in [0.3, 0.4) is 0 Å². The Balaban J connectivity index is 2.89. The summed E-state index contributed by atoms with van der Waals surface area (Å²) in [5, 5.41) is 0.538. The molecule has 4 N–H and O–H groups in total. The highest BCUT2D eigenvalue weighted by Crippen LogP contribution is 2.07. The Hall–Kier alpha value is 0.230. The lowest BCUT2D eigenvalue weighted by atomic mass is 10.5. The van der Waals surface area contributed by atoms with Crippen molar-refractivity contribution in [2.75, 3.05) is 32.1 Å². The Morgan fingerprint density at radius 3 is 2.64 bits per heavy atom. The SMILES string of the molecule is CC(CN)SCCOCCN. The van der Waals surface area contributed by atoms with Gasteiger partial charge in [-0.1, -0.05) is 6.92 Å². The minimum absolute atomic E-state index is 0.538. The van der Waals surface area contributed by atoms with Gasteiger partial charge >= 0.3 is 0 Å². The van der Waals surface area contributed by atoms with Gasteiger partial charge < -0.3 is 16.2 Å². The zero-order chi connectivity index (χ0) is 8.53. The highest BCUT2D eigenvalue weighted by molar-refractivity contribution is 7.99. The van der Waals surface area contributed by atoms with E-state index in [0.717, 1.165) is 18.9 Å². The van der Waals surface area contributed by atoms with Crippen LogP contribution in [0.25, 0.3) is 0 Å². The second-order valence-corrected chi connectivity index (χ2v) is 3.86. The molecule has 68 valence electrons. The molecule has 0 spiro atoms. The zero-order valence-corrected chi connectivity index (χ0v) is 7.90. The molecule has 0 radical (unpaired) electrons. The monoisotopic (exact) mass is 178 g/mol. The highest BCUT2D eigenvalue weighted by atomic mass is 32.2. The fraction of sp³-hybridized carbons (Fsp3) is 1.00. The molecule has 4 heteroatoms. The van der Waals surface area contributed by atoms with Crippen molar-refractivity contribution in [2.24, 2.45) is 11.5 Å². The van der Waals surface area contributed by atoms with Gasteiger partial charge in [-0.15, -0.1) is 0 Å². The van der Waals surface area contributed by atoms with Crippen LogP contribution in [0.15, 0.2) is 0 Å². The molecule has 0 aliphatic heterocycles. The number of ether oxygens (including phenoxy) is 1. The first-order chi connectivity index (χ1) is 5.31. The van der Waals surface area contributed by atoms with Crippen LogP contribution in [0.2, 0.25) is 0 Å². The van der Waals surface area contributed by atoms with Gasteiger partial charge in [-0.2, -0.15) is 11.8 Å². The third-order valence-electron chi connectivity index (χ3n) is 1.22. The molecule has 0 bridgehead atoms. The predicted molar refractivity (Wildman–Crippen MR) is 50.8 cm³/mol. The summed E-state index contributed by atoms with van der Waals surface area (Å²) in [5.41, 5.74) is 10.7. The predicted octanol–water partition coefficient (Wildman–Crippen LogP) is 0.0421. The molecule has 0 amide bonds. The molecule has 0 fully saturated rings. The molecule has 0 saturated heterocycles. The molecular weight excluding hydrogens is 160 g/mol. The molecule has 0 aromatic rings. The fourth-order valence-electron chi connectivity index (χ4n) is 0.562. The molecule has 0 heterocycles. The molecule has 0 aromatic heterocycles. The van der Waals surface area contributed by atoms with E-state index in [2.05, 4.69) is 6.92 Å². The van der Waals surface area contributed by atoms with Crippen LogP contribution >= 0.6 is 11.8 Å². The Morgan fingerprint density at radius 2 is 2.09 bits per heavy atom. The van der Waals surface area contributed by atoms with Gasteiger partial charge in [-0.3, -0.25) is 0 Å². The van der Waals surface area contributed by atoms with Gasteiger partial charge in [-0.25, -0.2) is 0 Å². The Labute approximate surface area is 72.8 Å². The van der Waals surface area contributed by atoms with Crippen molar-refractivity contribution < 1.29 is 4.74 Å². The summed E-state index contributed by atoms with van der Waals surface area (Å²) in [6.45, 7) is 4.91. The summed E-state index contributed by atoms with van der Waals surface area (Å²) in [6, 6.07) is 0. The van der Waals surface area contributed by atoms with Crippen LogP contribution in [0, 0.1) is 0 Å². The number of hydrogen-bond acceptors (Lipinski definition) is 4. The van der Waals surface area contributed by atoms with E-state index in [9.17, 15) is 0 Å². The van der Waals surface area contributed by atoms with E-state index in [1.807, 2.05) is 11.8 Å². The maximum atomic E-state index is 5.43. The maximum Gasteiger partial charge on any atom is 0.0589 e. The summed E-state index contributed by atoms with van der Waals surface area (Å²) in [6.07, 6.45) is 0. The first kappa shape index (κ1) is 11.2. The molecule has 11 heavy (non-hydrogen) atoms. The average molecular weight is 178 g/mol. The van der Waals surface area contributed by atoms with Crippen LogP contribution in [0.4, 0.5) is 0 Å². The number of nitrogens with two attached hydrogens (primary N) is 2. The molecule has 1 atom stereocenters. The first-order valence-corrected chi connectivity index (χ1v) is 4.95. The Kier molecular flexibility index (Phi) is 8.50. The van der Waals surface area contributed by atoms with Crippen LogP contribution in [0.1, 0.15) is 6.92 Å². The molecule has 0 aliphatic rings. The highest BCUT2D eigenvalue weighted by Gasteiger charge is 1.97. The average Bonchev–Trinajstić information content (AvgIpc) is 2.04. The van der Waals surface area contributed by atoms with Crippen molar-refractivity contribution in [1.29, 1.82) is 0 Å². The number of hydrogen-bond donors (Lipinski definition) is 2. The largest absolute Gasteiger partial charge is 0.379 e. The van der Waals surface area contributed by atoms with Crippen LogP contribution < -0.4 is 11.5 Å². The standard InChI is InChI=1S/C7H18N2OS/c1-7(6-9)11-5-4-10-3-2-8/h7H,2-6,8-9H2,1H3. The van der Waals surface area contributed by atoms with Gasteiger partial charge in [0.05, 0.1) is 13.2 Å². The topological polar surface area (TPSA) is 61.3 Å². The lowest BCUT2D eigenvalue weighted by Crippen LogP contribution is -2.15. The quantitative estimate of drug-likeness (QED) is 0.540. The summed E-state index contributed by atoms with van der Waals surface area (Å²) < 4.78 is 5.19. The first-order valence-electron chi connectivity index (χ1n) is 3.90. The molecule has 0 aliphatic carbocycles. The molecule has 0 rings (SSSR count). The molecule has 0 saturated carbocycles. The van der Waals surface area contributed by atoms with E-state index in [1.165, 1.54) is 0 Å². The summed E-state index contributed by atoms with van der Waals surface area (Å²) >= 11 is 1.84. The number of rotatable bonds is 7. The van der Waals surface area contributed by atoms with E-state index in [1.54, 1.807) is 0 Å². The third kappa shape index (κ3) is 8.13. The smallest absolute Gasteiger partial charge is 0.0589 e. The van der Waals surface area contributed by atoms with E-state index in [-0.39, 0.29) is 0 Å². The fourth-order valence-corrected chi connectivity index (χ4v) is 1.31. The zero-order valence-electron chi connectivity index (χ0n) is 7.08. The molecule has 1 unspecified atom stereocenters. The lowest BCUT2D eigenvalue weighted by molar-refractivity contribution is 0.158. The van der Waals surface area contributed by atoms with Gasteiger partial charge in [0, 0.05) is 24.1 Å². The van der Waals surface area contributed by atoms with E-state index < -0.39 is 0 Å². The van der Waals surface area contributed by atoms with Crippen LogP contribution in [0.5, 0.6) is 0 Å². The summed E-state index contributed by atoms with van der Waals surface area (Å²) in [4.78, 5) is 0. The van der Waals surface area contributed by atoms with Crippen molar-refractivity contribution in [3.63, 3.8) is 0 Å². The summed E-state index contributed by atoms with van der Waals surface area (Å²) in [5.74, 6) is 1.01. The van der Waals surface area contributed by atoms with Crippen molar-refractivity contribution in [3.8, 4) is 0 Å². The van der Waals surface area contributed by atoms with Gasteiger partial charge in [0.15, 0.2) is 0 Å². The molecule has 3 nitrogen and oxygen atoms in total. The minimum Gasteiger partial charge on any atom is -0.379 e. The Morgan fingerprint density at radius 1 is 1.36 bits per heavy atom. The van der Waals surface area contributed by atoms with E-state index in [4.69, 9.17) is 16.2 Å². The second-order valence-electron chi connectivity index (χ2n) is 2.32. The van der Waals surface area contributed by atoms with E-state index in [0.29, 0.717) is 18.4 Å². The van der Waals surface area contributed by atoms with E-state index >= 15 is 0 Å². The Bertz CT molecular complexity index is 82.8. The normalized spacial score (nSPS) is 13.4. The number of thioether (sulfide) groups is 1. The minimum atomic E-state index is 0.538. The summed E-state index contributed by atoms with van der Waals surface area (Å²) in [7, 11) is 0. The van der Waals surface area contributed by atoms with Crippen LogP contribution in [-0.2, 0) is 4.74 Å². The maximum absolute atomic E-state index is 5.43. The van der Waals surface area contributed by atoms with Crippen LogP contribution in [-0.4, -0.2) is 37.3 Å². The van der Waals surface area contributed by atoms with Gasteiger partial charge in [0.1, 0.15) is 0 Å². The van der Waals surface area contributed by atoms with Crippen molar-refractivity contribution in [2.45, 2.75) is 12.2 Å². The second kappa shape index (κ2) is 8.33. The molecular formula is C7H18N2OS. The molecule has 0 aromatic carbocycles. The van der Waals surface area contributed by atoms with Gasteiger partial charge in [-0.05, 0) is 0 Å². The van der Waals surface area contributed by atoms with Crippen molar-refractivity contribution >= 4 is 11.8 Å². The third-order valence-corrected chi connectivity index (χ3v) is 2.39.